The maximum Gasteiger partial charge on any atom is 0.343 e. The van der Waals surface area contributed by atoms with Crippen LogP contribution in [-0.4, -0.2) is 5.97 Å². The second kappa shape index (κ2) is 9.21. The molecule has 1 aliphatic rings. The molecule has 1 aliphatic carbocycles. The van der Waals surface area contributed by atoms with Gasteiger partial charge in [0, 0.05) is 0 Å². The van der Waals surface area contributed by atoms with Crippen molar-refractivity contribution in [3.63, 3.8) is 0 Å². The molecule has 2 heteroatoms. The number of carbonyl (C=O) groups is 1. The largest absolute Gasteiger partial charge is 0.423 e. The van der Waals surface area contributed by atoms with Gasteiger partial charge in [0.15, 0.2) is 0 Å². The molecule has 1 fully saturated rings. The Balaban J connectivity index is 1.55. The van der Waals surface area contributed by atoms with E-state index in [1.165, 1.54) is 44.1 Å². The zero-order chi connectivity index (χ0) is 19.2. The summed E-state index contributed by atoms with van der Waals surface area (Å²) >= 11 is 0. The average molecular weight is 365 g/mol. The minimum atomic E-state index is -0.298. The van der Waals surface area contributed by atoms with Crippen LogP contribution in [0.1, 0.15) is 79.8 Å². The summed E-state index contributed by atoms with van der Waals surface area (Å²) in [5.41, 5.74) is 3.10. The van der Waals surface area contributed by atoms with Crippen molar-refractivity contribution in [1.29, 1.82) is 0 Å². The molecular weight excluding hydrogens is 332 g/mol. The Labute approximate surface area is 164 Å². The third kappa shape index (κ3) is 5.22. The average Bonchev–Trinajstić information content (AvgIpc) is 2.69. The van der Waals surface area contributed by atoms with Crippen LogP contribution in [0.15, 0.2) is 48.5 Å². The van der Waals surface area contributed by atoms with Gasteiger partial charge in [-0.05, 0) is 80.2 Å². The van der Waals surface area contributed by atoms with E-state index in [4.69, 9.17) is 4.74 Å². The number of hydrogen-bond acceptors (Lipinski definition) is 2. The van der Waals surface area contributed by atoms with Crippen LogP contribution < -0.4 is 4.74 Å². The molecule has 0 bridgehead atoms. The maximum absolute atomic E-state index is 12.2. The second-order valence-corrected chi connectivity index (χ2v) is 8.20. The number of carbonyl (C=O) groups excluding carboxylic acids is 1. The molecule has 1 atom stereocenters. The molecule has 2 aromatic rings. The predicted octanol–water partition coefficient (Wildman–Crippen LogP) is 6.92. The van der Waals surface area contributed by atoms with Gasteiger partial charge in [0.05, 0.1) is 5.56 Å². The highest BCUT2D eigenvalue weighted by atomic mass is 16.5. The van der Waals surface area contributed by atoms with Gasteiger partial charge in [-0.25, -0.2) is 4.79 Å². The van der Waals surface area contributed by atoms with Gasteiger partial charge < -0.3 is 4.74 Å². The van der Waals surface area contributed by atoms with Crippen LogP contribution in [0.25, 0.3) is 0 Å². The van der Waals surface area contributed by atoms with Crippen LogP contribution in [0.5, 0.6) is 5.75 Å². The van der Waals surface area contributed by atoms with Crippen LogP contribution in [0, 0.1) is 18.8 Å². The maximum atomic E-state index is 12.2. The van der Waals surface area contributed by atoms with Crippen molar-refractivity contribution in [3.05, 3.63) is 65.2 Å². The van der Waals surface area contributed by atoms with Gasteiger partial charge in [-0.1, -0.05) is 56.5 Å². The van der Waals surface area contributed by atoms with E-state index in [1.807, 2.05) is 43.3 Å². The van der Waals surface area contributed by atoms with Gasteiger partial charge in [-0.3, -0.25) is 0 Å². The lowest BCUT2D eigenvalue weighted by Crippen LogP contribution is -2.19. The summed E-state index contributed by atoms with van der Waals surface area (Å²) in [6.07, 6.45) is 7.90. The zero-order valence-electron chi connectivity index (χ0n) is 16.9. The summed E-state index contributed by atoms with van der Waals surface area (Å²) < 4.78 is 5.52. The van der Waals surface area contributed by atoms with Crippen LogP contribution in [0.2, 0.25) is 0 Å². The van der Waals surface area contributed by atoms with Gasteiger partial charge in [0.1, 0.15) is 5.75 Å². The summed E-state index contributed by atoms with van der Waals surface area (Å²) in [5.74, 6) is 2.73. The number of esters is 1. The molecule has 0 saturated heterocycles. The molecular formula is C25H32O2. The molecule has 0 N–H and O–H groups in total. The standard InChI is InChI=1S/C25H32O2/c1-4-5-19(3)20-10-12-21(13-11-20)22-14-16-24(17-15-22)27-25(26)23-8-6-18(2)7-9-23/h6-9,14-17,19-21H,4-5,10-13H2,1-3H3. The smallest absolute Gasteiger partial charge is 0.343 e. The number of rotatable bonds is 6. The van der Waals surface area contributed by atoms with Crippen LogP contribution in [-0.2, 0) is 0 Å². The molecule has 27 heavy (non-hydrogen) atoms. The molecule has 2 aromatic carbocycles. The topological polar surface area (TPSA) is 26.3 Å². The number of hydrogen-bond donors (Lipinski definition) is 0. The molecule has 0 radical (unpaired) electrons. The van der Waals surface area contributed by atoms with E-state index in [2.05, 4.69) is 26.0 Å². The van der Waals surface area contributed by atoms with E-state index in [1.54, 1.807) is 0 Å². The molecule has 1 unspecified atom stereocenters. The number of ether oxygens (including phenoxy) is 1. The van der Waals surface area contributed by atoms with Gasteiger partial charge in [0.25, 0.3) is 0 Å². The molecule has 1 saturated carbocycles. The molecule has 3 rings (SSSR count). The fourth-order valence-electron chi connectivity index (χ4n) is 4.38. The summed E-state index contributed by atoms with van der Waals surface area (Å²) in [6, 6.07) is 15.6. The highest BCUT2D eigenvalue weighted by Gasteiger charge is 2.25. The van der Waals surface area contributed by atoms with E-state index in [-0.39, 0.29) is 5.97 Å². The molecule has 144 valence electrons. The normalized spacial score (nSPS) is 20.9. The summed E-state index contributed by atoms with van der Waals surface area (Å²) in [5, 5.41) is 0. The first-order chi connectivity index (χ1) is 13.1. The van der Waals surface area contributed by atoms with E-state index < -0.39 is 0 Å². The third-order valence-electron chi connectivity index (χ3n) is 6.17. The van der Waals surface area contributed by atoms with Crippen molar-refractivity contribution in [3.8, 4) is 5.75 Å². The van der Waals surface area contributed by atoms with Crippen molar-refractivity contribution in [2.75, 3.05) is 0 Å². The van der Waals surface area contributed by atoms with Crippen LogP contribution >= 0.6 is 0 Å². The minimum Gasteiger partial charge on any atom is -0.423 e. The first-order valence-corrected chi connectivity index (χ1v) is 10.5. The monoisotopic (exact) mass is 364 g/mol. The molecule has 0 aromatic heterocycles. The number of benzene rings is 2. The molecule has 0 heterocycles. The summed E-state index contributed by atoms with van der Waals surface area (Å²) in [6.45, 7) is 6.72. The second-order valence-electron chi connectivity index (χ2n) is 8.20. The lowest BCUT2D eigenvalue weighted by molar-refractivity contribution is 0.0734. The Kier molecular flexibility index (Phi) is 6.71. The van der Waals surface area contributed by atoms with Crippen molar-refractivity contribution < 1.29 is 9.53 Å². The fraction of sp³-hybridized carbons (Fsp3) is 0.480. The van der Waals surface area contributed by atoms with Crippen molar-refractivity contribution in [1.82, 2.24) is 0 Å². The minimum absolute atomic E-state index is 0.298. The van der Waals surface area contributed by atoms with Gasteiger partial charge in [-0.15, -0.1) is 0 Å². The van der Waals surface area contributed by atoms with E-state index >= 15 is 0 Å². The summed E-state index contributed by atoms with van der Waals surface area (Å²) in [4.78, 5) is 12.2. The van der Waals surface area contributed by atoms with E-state index in [9.17, 15) is 4.79 Å². The first-order valence-electron chi connectivity index (χ1n) is 10.5. The number of aryl methyl sites for hydroxylation is 1. The van der Waals surface area contributed by atoms with Gasteiger partial charge in [-0.2, -0.15) is 0 Å². The molecule has 0 amide bonds. The third-order valence-corrected chi connectivity index (χ3v) is 6.17. The Bertz CT molecular complexity index is 722. The highest BCUT2D eigenvalue weighted by Crippen LogP contribution is 2.40. The van der Waals surface area contributed by atoms with Gasteiger partial charge >= 0.3 is 5.97 Å². The van der Waals surface area contributed by atoms with Crippen molar-refractivity contribution in [2.24, 2.45) is 11.8 Å². The van der Waals surface area contributed by atoms with E-state index in [0.717, 1.165) is 17.4 Å². The van der Waals surface area contributed by atoms with E-state index in [0.29, 0.717) is 17.2 Å². The fourth-order valence-corrected chi connectivity index (χ4v) is 4.38. The Morgan fingerprint density at radius 2 is 1.63 bits per heavy atom. The molecule has 0 aliphatic heterocycles. The van der Waals surface area contributed by atoms with Crippen LogP contribution in [0.4, 0.5) is 0 Å². The quantitative estimate of drug-likeness (QED) is 0.410. The van der Waals surface area contributed by atoms with Crippen molar-refractivity contribution in [2.45, 2.75) is 65.2 Å². The predicted molar refractivity (Wildman–Crippen MR) is 111 cm³/mol. The Morgan fingerprint density at radius 1 is 1.00 bits per heavy atom. The molecule has 2 nitrogen and oxygen atoms in total. The highest BCUT2D eigenvalue weighted by molar-refractivity contribution is 5.91. The SMILES string of the molecule is CCCC(C)C1CCC(c2ccc(OC(=O)c3ccc(C)cc3)cc2)CC1. The molecule has 0 spiro atoms. The lowest BCUT2D eigenvalue weighted by atomic mass is 9.73. The Morgan fingerprint density at radius 3 is 2.22 bits per heavy atom. The zero-order valence-corrected chi connectivity index (χ0v) is 16.9. The first kappa shape index (κ1) is 19.7. The van der Waals surface area contributed by atoms with Gasteiger partial charge in [0.2, 0.25) is 0 Å². The Hall–Kier alpha value is -2.09. The van der Waals surface area contributed by atoms with Crippen molar-refractivity contribution >= 4 is 5.97 Å². The summed E-state index contributed by atoms with van der Waals surface area (Å²) in [7, 11) is 0. The lowest BCUT2D eigenvalue weighted by Gasteiger charge is -2.32. The van der Waals surface area contributed by atoms with Crippen LogP contribution in [0.3, 0.4) is 0 Å².